The predicted octanol–water partition coefficient (Wildman–Crippen LogP) is 7.69. The minimum atomic E-state index is -1.28. The number of hydrogen-bond donors (Lipinski definition) is 3. The number of pyridine rings is 1. The second-order valence-electron chi connectivity index (χ2n) is 12.1. The van der Waals surface area contributed by atoms with Crippen molar-refractivity contribution in [3.63, 3.8) is 0 Å². The molecule has 3 N–H and O–H groups in total. The molecule has 0 spiro atoms. The van der Waals surface area contributed by atoms with Gasteiger partial charge in [-0.3, -0.25) is 9.59 Å². The summed E-state index contributed by atoms with van der Waals surface area (Å²) in [6, 6.07) is 3.08. The van der Waals surface area contributed by atoms with E-state index in [1.165, 1.54) is 82.9 Å². The Balaban J connectivity index is 0.000000246. The van der Waals surface area contributed by atoms with Gasteiger partial charge in [-0.25, -0.2) is 9.18 Å². The van der Waals surface area contributed by atoms with Gasteiger partial charge in [0.2, 0.25) is 5.43 Å². The number of hydrogen-bond acceptors (Lipinski definition) is 5. The molecule has 1 saturated carbocycles. The average molecular weight is 614 g/mol. The molecule has 2 aliphatic rings. The number of carboxylic acid groups (broad SMARTS) is 2. The fourth-order valence-corrected chi connectivity index (χ4v) is 5.66. The number of allylic oxidation sites excluding steroid dienone is 2. The quantitative estimate of drug-likeness (QED) is 0.117. The van der Waals surface area contributed by atoms with Crippen LogP contribution in [0.15, 0.2) is 35.3 Å². The van der Waals surface area contributed by atoms with Crippen LogP contribution in [0.25, 0.3) is 10.9 Å². The fourth-order valence-electron chi connectivity index (χ4n) is 5.66. The lowest BCUT2D eigenvalue weighted by Crippen LogP contribution is -2.43. The van der Waals surface area contributed by atoms with Crippen molar-refractivity contribution >= 4 is 28.5 Å². The molecule has 4 rings (SSSR count). The largest absolute Gasteiger partial charge is 0.481 e. The van der Waals surface area contributed by atoms with Crippen molar-refractivity contribution in [2.24, 2.45) is 0 Å². The lowest BCUT2D eigenvalue weighted by Gasteiger charge is -2.30. The molecule has 44 heavy (non-hydrogen) atoms. The molecule has 1 aliphatic carbocycles. The van der Waals surface area contributed by atoms with E-state index in [2.05, 4.69) is 24.4 Å². The normalized spacial score (nSPS) is 15.0. The maximum atomic E-state index is 14.6. The molecule has 1 aromatic heterocycles. The van der Waals surface area contributed by atoms with Crippen molar-refractivity contribution in [3.05, 3.63) is 52.1 Å². The van der Waals surface area contributed by atoms with Gasteiger partial charge in [-0.2, -0.15) is 0 Å². The summed E-state index contributed by atoms with van der Waals surface area (Å²) in [5.41, 5.74) is 0.159. The van der Waals surface area contributed by atoms with Crippen molar-refractivity contribution in [1.29, 1.82) is 0 Å². The van der Waals surface area contributed by atoms with Gasteiger partial charge in [-0.15, -0.1) is 0 Å². The third-order valence-corrected chi connectivity index (χ3v) is 8.38. The summed E-state index contributed by atoms with van der Waals surface area (Å²) in [6.45, 7) is 5.22. The first kappa shape index (κ1) is 35.3. The first-order valence-corrected chi connectivity index (χ1v) is 16.8. The number of piperazine rings is 1. The molecule has 0 bridgehead atoms. The van der Waals surface area contributed by atoms with E-state index in [1.54, 1.807) is 6.07 Å². The summed E-state index contributed by atoms with van der Waals surface area (Å²) >= 11 is 0. The first-order chi connectivity index (χ1) is 21.3. The van der Waals surface area contributed by atoms with E-state index in [-0.39, 0.29) is 17.0 Å². The number of aliphatic carboxylic acids is 1. The Bertz CT molecular complexity index is 1280. The zero-order valence-electron chi connectivity index (χ0n) is 26.5. The van der Waals surface area contributed by atoms with Gasteiger partial charge in [0.25, 0.3) is 0 Å². The highest BCUT2D eigenvalue weighted by atomic mass is 19.1. The van der Waals surface area contributed by atoms with Gasteiger partial charge >= 0.3 is 11.9 Å². The minimum Gasteiger partial charge on any atom is -0.481 e. The molecule has 9 heteroatoms. The second-order valence-corrected chi connectivity index (χ2v) is 12.1. The summed E-state index contributed by atoms with van der Waals surface area (Å²) in [7, 11) is 0. The van der Waals surface area contributed by atoms with Crippen LogP contribution in [0.1, 0.15) is 126 Å². The molecule has 0 atom stereocenters. The van der Waals surface area contributed by atoms with Crippen LogP contribution in [0.4, 0.5) is 10.1 Å². The van der Waals surface area contributed by atoms with Crippen molar-refractivity contribution in [3.8, 4) is 0 Å². The summed E-state index contributed by atoms with van der Waals surface area (Å²) in [5, 5.41) is 21.1. The second kappa shape index (κ2) is 19.2. The lowest BCUT2D eigenvalue weighted by molar-refractivity contribution is -0.137. The van der Waals surface area contributed by atoms with E-state index < -0.39 is 23.2 Å². The Morgan fingerprint density at radius 2 is 1.50 bits per heavy atom. The van der Waals surface area contributed by atoms with E-state index in [1.807, 2.05) is 9.47 Å². The molecule has 0 unspecified atom stereocenters. The Morgan fingerprint density at radius 3 is 2.07 bits per heavy atom. The molecule has 1 aliphatic heterocycles. The summed E-state index contributed by atoms with van der Waals surface area (Å²) in [4.78, 5) is 36.0. The van der Waals surface area contributed by atoms with Gasteiger partial charge in [0.15, 0.2) is 0 Å². The number of carboxylic acids is 2. The van der Waals surface area contributed by atoms with Gasteiger partial charge in [-0.1, -0.05) is 70.4 Å². The van der Waals surface area contributed by atoms with E-state index in [9.17, 15) is 23.9 Å². The number of aromatic nitrogens is 1. The van der Waals surface area contributed by atoms with Crippen molar-refractivity contribution in [1.82, 2.24) is 9.88 Å². The maximum Gasteiger partial charge on any atom is 0.341 e. The summed E-state index contributed by atoms with van der Waals surface area (Å²) in [5.74, 6) is -2.42. The van der Waals surface area contributed by atoms with Crippen LogP contribution >= 0.6 is 0 Å². The molecule has 2 aromatic rings. The first-order valence-electron chi connectivity index (χ1n) is 16.8. The number of fused-ring (bicyclic) bond motifs is 1. The molecule has 1 saturated heterocycles. The van der Waals surface area contributed by atoms with Crippen LogP contribution in [0.5, 0.6) is 0 Å². The number of carbonyl (C=O) groups is 2. The lowest BCUT2D eigenvalue weighted by atomic mass is 10.1. The number of halogens is 1. The topological polar surface area (TPSA) is 112 Å². The van der Waals surface area contributed by atoms with Gasteiger partial charge in [-0.05, 0) is 57.1 Å². The smallest absolute Gasteiger partial charge is 0.341 e. The Labute approximate surface area is 261 Å². The van der Waals surface area contributed by atoms with Crippen LogP contribution in [-0.2, 0) is 4.79 Å². The molecule has 0 radical (unpaired) electrons. The zero-order valence-corrected chi connectivity index (χ0v) is 26.5. The van der Waals surface area contributed by atoms with Gasteiger partial charge < -0.3 is 25.0 Å². The Kier molecular flexibility index (Phi) is 15.4. The SMILES string of the molecule is CCCCCCCC/C=C\CCCCCCCC(=O)O.O=C(O)c1cn(C2CC2)c2cc(N3CCNCC3)c(F)cc2c1=O. The standard InChI is InChI=1S/C18H34O2.C17H18FN3O3/c1-2-3-4-5-6-7-8-9-10-11-12-13-14-15-16-17-18(19)20;18-13-7-11-14(8-15(13)20-5-3-19-4-6-20)21(10-1-2-10)9-12(16(11)22)17(23)24/h9-10H,2-8,11-17H2,1H3,(H,19,20);7-10,19H,1-6H2,(H,23,24)/b10-9-;. The van der Waals surface area contributed by atoms with E-state index in [0.29, 0.717) is 30.7 Å². The highest BCUT2D eigenvalue weighted by Gasteiger charge is 2.28. The van der Waals surface area contributed by atoms with E-state index >= 15 is 0 Å². The molecular formula is C35H52FN3O5. The number of unbranched alkanes of at least 4 members (excludes halogenated alkanes) is 11. The Hall–Kier alpha value is -3.20. The summed E-state index contributed by atoms with van der Waals surface area (Å²) < 4.78 is 16.4. The predicted molar refractivity (Wildman–Crippen MR) is 176 cm³/mol. The van der Waals surface area contributed by atoms with Crippen LogP contribution < -0.4 is 15.6 Å². The van der Waals surface area contributed by atoms with Crippen LogP contribution in [0.3, 0.4) is 0 Å². The van der Waals surface area contributed by atoms with E-state index in [4.69, 9.17) is 5.11 Å². The minimum absolute atomic E-state index is 0.137. The van der Waals surface area contributed by atoms with E-state index in [0.717, 1.165) is 38.8 Å². The third-order valence-electron chi connectivity index (χ3n) is 8.38. The third kappa shape index (κ3) is 11.7. The van der Waals surface area contributed by atoms with Crippen LogP contribution in [0.2, 0.25) is 0 Å². The molecular weight excluding hydrogens is 561 g/mol. The Morgan fingerprint density at radius 1 is 0.909 bits per heavy atom. The van der Waals surface area contributed by atoms with Crippen molar-refractivity contribution < 1.29 is 24.2 Å². The van der Waals surface area contributed by atoms with Crippen LogP contribution in [-0.4, -0.2) is 52.9 Å². The number of aromatic carboxylic acids is 1. The van der Waals surface area contributed by atoms with Crippen molar-refractivity contribution in [2.45, 2.75) is 116 Å². The number of nitrogens with zero attached hydrogens (tertiary/aromatic N) is 2. The van der Waals surface area contributed by atoms with Crippen molar-refractivity contribution in [2.75, 3.05) is 31.1 Å². The fraction of sp³-hybridized carbons (Fsp3) is 0.629. The van der Waals surface area contributed by atoms with Gasteiger partial charge in [0.05, 0.1) is 11.2 Å². The number of anilines is 1. The highest BCUT2D eigenvalue weighted by Crippen LogP contribution is 2.38. The average Bonchev–Trinajstić information content (AvgIpc) is 3.85. The number of rotatable bonds is 18. The molecule has 0 amide bonds. The monoisotopic (exact) mass is 613 g/mol. The van der Waals surface area contributed by atoms with Crippen LogP contribution in [0, 0.1) is 5.82 Å². The number of nitrogens with one attached hydrogen (secondary N) is 1. The zero-order chi connectivity index (χ0) is 31.7. The molecule has 2 heterocycles. The summed E-state index contributed by atoms with van der Waals surface area (Å²) in [6.07, 6.45) is 24.5. The maximum absolute atomic E-state index is 14.6. The molecule has 2 fully saturated rings. The van der Waals surface area contributed by atoms with Gasteiger partial charge in [0.1, 0.15) is 11.4 Å². The molecule has 8 nitrogen and oxygen atoms in total. The number of benzene rings is 1. The molecule has 244 valence electrons. The highest BCUT2D eigenvalue weighted by molar-refractivity contribution is 5.93. The molecule has 1 aromatic carbocycles. The van der Waals surface area contributed by atoms with Gasteiger partial charge in [0, 0.05) is 50.2 Å².